The van der Waals surface area contributed by atoms with E-state index >= 15 is 0 Å². The number of nitrogens with zero attached hydrogens (tertiary/aromatic N) is 2. The maximum atomic E-state index is 13.0. The molecular formula is C16H12F3N3. The molecule has 0 saturated carbocycles. The van der Waals surface area contributed by atoms with Gasteiger partial charge in [-0.05, 0) is 23.8 Å². The molecule has 2 aromatic carbocycles. The number of rotatable bonds is 3. The topological polar surface area (TPSA) is 37.8 Å². The van der Waals surface area contributed by atoms with E-state index in [1.165, 1.54) is 18.5 Å². The van der Waals surface area contributed by atoms with Crippen molar-refractivity contribution in [2.75, 3.05) is 5.32 Å². The molecule has 0 unspecified atom stereocenters. The van der Waals surface area contributed by atoms with Gasteiger partial charge in [-0.25, -0.2) is 9.97 Å². The first-order valence-electron chi connectivity index (χ1n) is 6.64. The fourth-order valence-electron chi connectivity index (χ4n) is 2.28. The van der Waals surface area contributed by atoms with Crippen LogP contribution in [0.3, 0.4) is 0 Å². The molecule has 0 saturated heterocycles. The molecule has 0 amide bonds. The summed E-state index contributed by atoms with van der Waals surface area (Å²) in [6.07, 6.45) is -2.98. The van der Waals surface area contributed by atoms with E-state index in [4.69, 9.17) is 0 Å². The number of hydrogen-bond acceptors (Lipinski definition) is 3. The second-order valence-corrected chi connectivity index (χ2v) is 4.75. The third-order valence-corrected chi connectivity index (χ3v) is 3.31. The summed E-state index contributed by atoms with van der Waals surface area (Å²) in [5, 5.41) is 3.74. The minimum Gasteiger partial charge on any atom is -0.365 e. The molecule has 0 aliphatic rings. The van der Waals surface area contributed by atoms with Gasteiger partial charge < -0.3 is 5.32 Å². The highest BCUT2D eigenvalue weighted by atomic mass is 19.4. The molecule has 112 valence electrons. The van der Waals surface area contributed by atoms with Gasteiger partial charge in [-0.1, -0.05) is 30.3 Å². The number of benzene rings is 2. The molecule has 0 aliphatic carbocycles. The Bertz CT molecular complexity index is 794. The van der Waals surface area contributed by atoms with Crippen LogP contribution in [0.2, 0.25) is 0 Å². The van der Waals surface area contributed by atoms with E-state index in [2.05, 4.69) is 15.3 Å². The molecule has 3 aromatic rings. The zero-order valence-electron chi connectivity index (χ0n) is 11.4. The van der Waals surface area contributed by atoms with Crippen molar-refractivity contribution in [2.24, 2.45) is 0 Å². The number of alkyl halides is 3. The van der Waals surface area contributed by atoms with Crippen LogP contribution >= 0.6 is 0 Å². The first kappa shape index (κ1) is 14.3. The smallest absolute Gasteiger partial charge is 0.365 e. The second-order valence-electron chi connectivity index (χ2n) is 4.75. The van der Waals surface area contributed by atoms with Gasteiger partial charge in [-0.2, -0.15) is 13.2 Å². The lowest BCUT2D eigenvalue weighted by molar-refractivity contribution is -0.138. The fraction of sp³-hybridized carbons (Fsp3) is 0.125. The van der Waals surface area contributed by atoms with Gasteiger partial charge in [0.2, 0.25) is 0 Å². The lowest BCUT2D eigenvalue weighted by Gasteiger charge is -2.14. The zero-order chi connectivity index (χ0) is 15.6. The third kappa shape index (κ3) is 2.86. The highest BCUT2D eigenvalue weighted by molar-refractivity contribution is 5.88. The molecule has 0 spiro atoms. The van der Waals surface area contributed by atoms with Crippen LogP contribution < -0.4 is 5.32 Å². The molecule has 0 bridgehead atoms. The van der Waals surface area contributed by atoms with Crippen LogP contribution in [0.15, 0.2) is 54.9 Å². The second kappa shape index (κ2) is 5.63. The van der Waals surface area contributed by atoms with Gasteiger partial charge in [0.25, 0.3) is 0 Å². The van der Waals surface area contributed by atoms with E-state index in [0.717, 1.165) is 17.0 Å². The minimum atomic E-state index is -4.37. The Morgan fingerprint density at radius 1 is 0.909 bits per heavy atom. The molecule has 0 radical (unpaired) electrons. The lowest BCUT2D eigenvalue weighted by atomic mass is 10.1. The Hall–Kier alpha value is -2.63. The fourth-order valence-corrected chi connectivity index (χ4v) is 2.28. The molecule has 6 heteroatoms. The number of halogens is 3. The Labute approximate surface area is 124 Å². The van der Waals surface area contributed by atoms with Crippen molar-refractivity contribution >= 4 is 16.7 Å². The summed E-state index contributed by atoms with van der Waals surface area (Å²) >= 11 is 0. The molecule has 0 aliphatic heterocycles. The monoisotopic (exact) mass is 303 g/mol. The van der Waals surface area contributed by atoms with Crippen molar-refractivity contribution in [3.05, 3.63) is 66.0 Å². The van der Waals surface area contributed by atoms with Crippen LogP contribution in [0, 0.1) is 0 Å². The van der Waals surface area contributed by atoms with Crippen LogP contribution in [0.4, 0.5) is 19.0 Å². The van der Waals surface area contributed by atoms with Gasteiger partial charge in [-0.3, -0.25) is 0 Å². The van der Waals surface area contributed by atoms with Crippen molar-refractivity contribution in [3.63, 3.8) is 0 Å². The molecule has 22 heavy (non-hydrogen) atoms. The number of anilines is 1. The quantitative estimate of drug-likeness (QED) is 0.785. The van der Waals surface area contributed by atoms with Crippen molar-refractivity contribution in [3.8, 4) is 0 Å². The van der Waals surface area contributed by atoms with Crippen molar-refractivity contribution in [1.82, 2.24) is 9.97 Å². The summed E-state index contributed by atoms with van der Waals surface area (Å²) < 4.78 is 38.9. The standard InChI is InChI=1S/C16H12F3N3/c17-16(18,19)13-7-3-1-5-11(13)9-20-15-12-6-2-4-8-14(12)21-10-22-15/h1-8,10H,9H2,(H,20,21,22). The summed E-state index contributed by atoms with van der Waals surface area (Å²) in [7, 11) is 0. The SMILES string of the molecule is FC(F)(F)c1ccccc1CNc1ncnc2ccccc12. The van der Waals surface area contributed by atoms with Gasteiger partial charge in [0.15, 0.2) is 0 Å². The Kier molecular flexibility index (Phi) is 3.66. The average Bonchev–Trinajstić information content (AvgIpc) is 2.52. The minimum absolute atomic E-state index is 0.0384. The summed E-state index contributed by atoms with van der Waals surface area (Å²) in [5.74, 6) is 0.516. The van der Waals surface area contributed by atoms with Crippen LogP contribution in [-0.4, -0.2) is 9.97 Å². The van der Waals surface area contributed by atoms with Crippen LogP contribution in [0.1, 0.15) is 11.1 Å². The first-order valence-corrected chi connectivity index (χ1v) is 6.64. The van der Waals surface area contributed by atoms with Gasteiger partial charge in [0.1, 0.15) is 12.1 Å². The predicted molar refractivity (Wildman–Crippen MR) is 78.3 cm³/mol. The molecular weight excluding hydrogens is 291 g/mol. The highest BCUT2D eigenvalue weighted by Crippen LogP contribution is 2.32. The molecule has 3 nitrogen and oxygen atoms in total. The van der Waals surface area contributed by atoms with Gasteiger partial charge in [-0.15, -0.1) is 0 Å². The van der Waals surface area contributed by atoms with Crippen LogP contribution in [0.25, 0.3) is 10.9 Å². The van der Waals surface area contributed by atoms with E-state index in [1.807, 2.05) is 24.3 Å². The predicted octanol–water partition coefficient (Wildman–Crippen LogP) is 4.26. The third-order valence-electron chi connectivity index (χ3n) is 3.31. The first-order chi connectivity index (χ1) is 10.6. The molecule has 0 fully saturated rings. The number of para-hydroxylation sites is 1. The van der Waals surface area contributed by atoms with Crippen LogP contribution in [-0.2, 0) is 12.7 Å². The van der Waals surface area contributed by atoms with E-state index in [-0.39, 0.29) is 12.1 Å². The molecule has 1 aromatic heterocycles. The Morgan fingerprint density at radius 2 is 1.64 bits per heavy atom. The van der Waals surface area contributed by atoms with Crippen molar-refractivity contribution < 1.29 is 13.2 Å². The van der Waals surface area contributed by atoms with E-state index in [9.17, 15) is 13.2 Å². The maximum absolute atomic E-state index is 13.0. The van der Waals surface area contributed by atoms with Crippen molar-refractivity contribution in [2.45, 2.75) is 12.7 Å². The number of nitrogens with one attached hydrogen (secondary N) is 1. The molecule has 0 atom stereocenters. The van der Waals surface area contributed by atoms with E-state index in [1.54, 1.807) is 6.07 Å². The maximum Gasteiger partial charge on any atom is 0.416 e. The largest absolute Gasteiger partial charge is 0.416 e. The molecule has 1 N–H and O–H groups in total. The normalized spacial score (nSPS) is 11.6. The van der Waals surface area contributed by atoms with Crippen LogP contribution in [0.5, 0.6) is 0 Å². The number of aromatic nitrogens is 2. The molecule has 1 heterocycles. The zero-order valence-corrected chi connectivity index (χ0v) is 11.4. The Balaban J connectivity index is 1.89. The Morgan fingerprint density at radius 3 is 2.45 bits per heavy atom. The molecule has 3 rings (SSSR count). The van der Waals surface area contributed by atoms with E-state index < -0.39 is 11.7 Å². The summed E-state index contributed by atoms with van der Waals surface area (Å²) in [4.78, 5) is 8.23. The van der Waals surface area contributed by atoms with E-state index in [0.29, 0.717) is 5.82 Å². The number of fused-ring (bicyclic) bond motifs is 1. The lowest BCUT2D eigenvalue weighted by Crippen LogP contribution is -2.12. The summed E-state index contributed by atoms with van der Waals surface area (Å²) in [5.41, 5.74) is 0.280. The average molecular weight is 303 g/mol. The van der Waals surface area contributed by atoms with Crippen molar-refractivity contribution in [1.29, 1.82) is 0 Å². The summed E-state index contributed by atoms with van der Waals surface area (Å²) in [6, 6.07) is 12.8. The van der Waals surface area contributed by atoms with Gasteiger partial charge >= 0.3 is 6.18 Å². The highest BCUT2D eigenvalue weighted by Gasteiger charge is 2.32. The summed E-state index contributed by atoms with van der Waals surface area (Å²) in [6.45, 7) is 0.0384. The number of hydrogen-bond donors (Lipinski definition) is 1. The van der Waals surface area contributed by atoms with Gasteiger partial charge in [0.05, 0.1) is 11.1 Å². The van der Waals surface area contributed by atoms with Gasteiger partial charge in [0, 0.05) is 11.9 Å².